The van der Waals surface area contributed by atoms with E-state index in [0.717, 1.165) is 25.2 Å². The van der Waals surface area contributed by atoms with Gasteiger partial charge in [0.05, 0.1) is 5.75 Å². The fraction of sp³-hybridized carbons (Fsp3) is 0.667. The molecule has 1 saturated heterocycles. The van der Waals surface area contributed by atoms with Gasteiger partial charge in [-0.25, -0.2) is 0 Å². The first kappa shape index (κ1) is 16.1. The zero-order valence-electron chi connectivity index (χ0n) is 13.0. The fourth-order valence-electron chi connectivity index (χ4n) is 2.36. The van der Waals surface area contributed by atoms with E-state index >= 15 is 0 Å². The van der Waals surface area contributed by atoms with Crippen LogP contribution in [0.25, 0.3) is 0 Å². The maximum absolute atomic E-state index is 11.9. The highest BCUT2D eigenvalue weighted by Gasteiger charge is 2.26. The van der Waals surface area contributed by atoms with Crippen molar-refractivity contribution in [1.82, 2.24) is 15.5 Å². The molecule has 116 valence electrons. The molecule has 2 rings (SSSR count). The van der Waals surface area contributed by atoms with Crippen molar-refractivity contribution in [3.63, 3.8) is 0 Å². The van der Waals surface area contributed by atoms with E-state index in [0.29, 0.717) is 18.3 Å². The Labute approximate surface area is 130 Å². The van der Waals surface area contributed by atoms with Gasteiger partial charge in [0.25, 0.3) is 0 Å². The van der Waals surface area contributed by atoms with E-state index in [9.17, 15) is 4.79 Å². The number of hydrogen-bond acceptors (Lipinski definition) is 5. The molecule has 1 unspecified atom stereocenters. The van der Waals surface area contributed by atoms with Crippen LogP contribution in [-0.4, -0.2) is 45.7 Å². The maximum atomic E-state index is 11.9. The number of carbonyl (C=O) groups excluding carboxylic acids is 1. The van der Waals surface area contributed by atoms with E-state index in [1.54, 1.807) is 18.0 Å². The smallest absolute Gasteiger partial charge is 0.230 e. The molecule has 1 amide bonds. The molecule has 21 heavy (non-hydrogen) atoms. The number of thioether (sulfide) groups is 1. The van der Waals surface area contributed by atoms with Crippen LogP contribution >= 0.6 is 11.8 Å². The Morgan fingerprint density at radius 1 is 1.52 bits per heavy atom. The standard InChI is InChI=1S/C15H24N4OS/c1-15(2,3)21-11-14(20)16-10-12-6-5-9-19(12)13-7-4-8-17-18-13/h4,7-8,12H,5-6,9-11H2,1-3H3,(H,16,20). The van der Waals surface area contributed by atoms with Gasteiger partial charge in [-0.3, -0.25) is 4.79 Å². The first-order chi connectivity index (χ1) is 9.96. The van der Waals surface area contributed by atoms with Crippen LogP contribution in [0, 0.1) is 0 Å². The minimum Gasteiger partial charge on any atom is -0.353 e. The van der Waals surface area contributed by atoms with Crippen LogP contribution in [0.3, 0.4) is 0 Å². The highest BCUT2D eigenvalue weighted by atomic mass is 32.2. The molecule has 1 aromatic rings. The maximum Gasteiger partial charge on any atom is 0.230 e. The van der Waals surface area contributed by atoms with Gasteiger partial charge in [0, 0.05) is 30.1 Å². The van der Waals surface area contributed by atoms with Crippen LogP contribution in [-0.2, 0) is 4.79 Å². The molecule has 0 aliphatic carbocycles. The van der Waals surface area contributed by atoms with Gasteiger partial charge in [0.15, 0.2) is 5.82 Å². The van der Waals surface area contributed by atoms with Crippen molar-refractivity contribution in [3.05, 3.63) is 18.3 Å². The zero-order valence-corrected chi connectivity index (χ0v) is 13.8. The average molecular weight is 308 g/mol. The molecular weight excluding hydrogens is 284 g/mol. The van der Waals surface area contributed by atoms with Gasteiger partial charge < -0.3 is 10.2 Å². The topological polar surface area (TPSA) is 58.1 Å². The molecule has 1 aromatic heterocycles. The molecule has 0 saturated carbocycles. The van der Waals surface area contributed by atoms with Crippen LogP contribution in [0.2, 0.25) is 0 Å². The predicted octanol–water partition coefficient (Wildman–Crippen LogP) is 2.09. The quantitative estimate of drug-likeness (QED) is 0.902. The van der Waals surface area contributed by atoms with Crippen molar-refractivity contribution in [1.29, 1.82) is 0 Å². The lowest BCUT2D eigenvalue weighted by Crippen LogP contribution is -2.41. The third-order valence-corrected chi connectivity index (χ3v) is 4.67. The van der Waals surface area contributed by atoms with E-state index in [4.69, 9.17) is 0 Å². The first-order valence-corrected chi connectivity index (χ1v) is 8.39. The normalized spacial score (nSPS) is 18.8. The van der Waals surface area contributed by atoms with Crippen LogP contribution in [0.1, 0.15) is 33.6 Å². The van der Waals surface area contributed by atoms with Gasteiger partial charge in [-0.1, -0.05) is 20.8 Å². The van der Waals surface area contributed by atoms with Crippen LogP contribution in [0.5, 0.6) is 0 Å². The second-order valence-electron chi connectivity index (χ2n) is 6.28. The summed E-state index contributed by atoms with van der Waals surface area (Å²) in [5, 5.41) is 11.1. The van der Waals surface area contributed by atoms with Crippen molar-refractivity contribution in [2.75, 3.05) is 23.7 Å². The number of nitrogens with zero attached hydrogens (tertiary/aromatic N) is 3. The molecule has 1 N–H and O–H groups in total. The lowest BCUT2D eigenvalue weighted by molar-refractivity contribution is -0.118. The lowest BCUT2D eigenvalue weighted by Gasteiger charge is -2.25. The number of nitrogens with one attached hydrogen (secondary N) is 1. The van der Waals surface area contributed by atoms with Crippen molar-refractivity contribution >= 4 is 23.5 Å². The molecule has 0 bridgehead atoms. The summed E-state index contributed by atoms with van der Waals surface area (Å²) in [6.07, 6.45) is 3.90. The van der Waals surface area contributed by atoms with Crippen LogP contribution < -0.4 is 10.2 Å². The highest BCUT2D eigenvalue weighted by Crippen LogP contribution is 2.24. The first-order valence-electron chi connectivity index (χ1n) is 7.41. The SMILES string of the molecule is CC(C)(C)SCC(=O)NCC1CCCN1c1cccnn1. The summed E-state index contributed by atoms with van der Waals surface area (Å²) in [6, 6.07) is 4.20. The molecule has 1 fully saturated rings. The van der Waals surface area contributed by atoms with Gasteiger partial charge in [-0.05, 0) is 25.0 Å². The number of hydrogen-bond donors (Lipinski definition) is 1. The Kier molecular flexibility index (Phi) is 5.45. The summed E-state index contributed by atoms with van der Waals surface area (Å²) in [7, 11) is 0. The molecule has 6 heteroatoms. The van der Waals surface area contributed by atoms with Crippen molar-refractivity contribution in [2.45, 2.75) is 44.4 Å². The Balaban J connectivity index is 1.81. The zero-order chi connectivity index (χ0) is 15.3. The fourth-order valence-corrected chi connectivity index (χ4v) is 3.03. The van der Waals surface area contributed by atoms with Gasteiger partial charge in [-0.2, -0.15) is 5.10 Å². The van der Waals surface area contributed by atoms with Gasteiger partial charge in [0.1, 0.15) is 0 Å². The Morgan fingerprint density at radius 3 is 3.00 bits per heavy atom. The lowest BCUT2D eigenvalue weighted by atomic mass is 10.2. The molecule has 5 nitrogen and oxygen atoms in total. The number of amides is 1. The van der Waals surface area contributed by atoms with Gasteiger partial charge in [0.2, 0.25) is 5.91 Å². The molecule has 1 aliphatic heterocycles. The molecule has 0 aromatic carbocycles. The van der Waals surface area contributed by atoms with Crippen molar-refractivity contribution < 1.29 is 4.79 Å². The third-order valence-electron chi connectivity index (χ3n) is 3.40. The van der Waals surface area contributed by atoms with Gasteiger partial charge in [-0.15, -0.1) is 16.9 Å². The van der Waals surface area contributed by atoms with Crippen LogP contribution in [0.4, 0.5) is 5.82 Å². The highest BCUT2D eigenvalue weighted by molar-refractivity contribution is 8.01. The molecule has 2 heterocycles. The van der Waals surface area contributed by atoms with Crippen molar-refractivity contribution in [3.8, 4) is 0 Å². The molecule has 0 radical (unpaired) electrons. The Bertz CT molecular complexity index is 460. The number of anilines is 1. The summed E-state index contributed by atoms with van der Waals surface area (Å²) < 4.78 is 0.121. The molecule has 1 aliphatic rings. The summed E-state index contributed by atoms with van der Waals surface area (Å²) in [6.45, 7) is 8.03. The monoisotopic (exact) mass is 308 g/mol. The van der Waals surface area contributed by atoms with Crippen molar-refractivity contribution in [2.24, 2.45) is 0 Å². The van der Waals surface area contributed by atoms with E-state index in [-0.39, 0.29) is 10.7 Å². The second kappa shape index (κ2) is 7.11. The third kappa shape index (κ3) is 5.19. The van der Waals surface area contributed by atoms with E-state index in [1.165, 1.54) is 0 Å². The molecular formula is C15H24N4OS. The van der Waals surface area contributed by atoms with E-state index in [1.807, 2.05) is 12.1 Å². The number of rotatable bonds is 5. The molecule has 0 spiro atoms. The summed E-state index contributed by atoms with van der Waals surface area (Å²) in [5.41, 5.74) is 0. The Morgan fingerprint density at radius 2 is 2.33 bits per heavy atom. The number of aromatic nitrogens is 2. The van der Waals surface area contributed by atoms with Crippen LogP contribution in [0.15, 0.2) is 18.3 Å². The van der Waals surface area contributed by atoms with E-state index in [2.05, 4.69) is 41.2 Å². The Hall–Kier alpha value is -1.30. The minimum absolute atomic E-state index is 0.112. The largest absolute Gasteiger partial charge is 0.353 e. The molecule has 1 atom stereocenters. The number of carbonyl (C=O) groups is 1. The minimum atomic E-state index is 0.112. The van der Waals surface area contributed by atoms with Gasteiger partial charge >= 0.3 is 0 Å². The second-order valence-corrected chi connectivity index (χ2v) is 8.08. The average Bonchev–Trinajstić information content (AvgIpc) is 2.91. The summed E-state index contributed by atoms with van der Waals surface area (Å²) in [5.74, 6) is 1.53. The summed E-state index contributed by atoms with van der Waals surface area (Å²) in [4.78, 5) is 14.2. The predicted molar refractivity (Wildman–Crippen MR) is 87.6 cm³/mol. The summed E-state index contributed by atoms with van der Waals surface area (Å²) >= 11 is 1.67. The van der Waals surface area contributed by atoms with E-state index < -0.39 is 0 Å².